The van der Waals surface area contributed by atoms with Crippen molar-refractivity contribution in [1.29, 1.82) is 0 Å². The van der Waals surface area contributed by atoms with E-state index in [9.17, 15) is 38.7 Å². The minimum absolute atomic E-state index is 0.0334. The Balaban J connectivity index is 1.94. The number of likely N-dealkylation sites (tertiary alicyclic amines) is 1. The van der Waals surface area contributed by atoms with Crippen LogP contribution in [0.1, 0.15) is 135 Å². The lowest BCUT2D eigenvalue weighted by Crippen LogP contribution is -2.32. The Morgan fingerprint density at radius 1 is 0.810 bits per heavy atom. The Hall–Kier alpha value is -3.64. The van der Waals surface area contributed by atoms with Gasteiger partial charge in [0, 0.05) is 75.6 Å². The monoisotopic (exact) mass is 825 g/mol. The fraction of sp³-hybridized carbons (Fsp3) is 0.674. The van der Waals surface area contributed by atoms with E-state index in [0.29, 0.717) is 51.5 Å². The van der Waals surface area contributed by atoms with Gasteiger partial charge in [-0.05, 0) is 76.3 Å². The van der Waals surface area contributed by atoms with Crippen molar-refractivity contribution in [2.45, 2.75) is 141 Å². The van der Waals surface area contributed by atoms with Gasteiger partial charge in [0.2, 0.25) is 11.8 Å². The summed E-state index contributed by atoms with van der Waals surface area (Å²) in [6.45, 7) is 8.80. The maximum atomic E-state index is 14.0. The van der Waals surface area contributed by atoms with Gasteiger partial charge in [-0.2, -0.15) is 0 Å². The molecule has 324 valence electrons. The molecule has 1 aromatic carbocycles. The molecule has 1 aliphatic rings. The molecule has 3 N–H and O–H groups in total. The number of rotatable bonds is 35. The van der Waals surface area contributed by atoms with Crippen LogP contribution in [0.25, 0.3) is 0 Å². The van der Waals surface area contributed by atoms with Crippen LogP contribution in [-0.2, 0) is 40.0 Å². The fourth-order valence-electron chi connectivity index (χ4n) is 7.46. The van der Waals surface area contributed by atoms with E-state index in [1.54, 1.807) is 6.92 Å². The molecule has 0 saturated carbocycles. The highest BCUT2D eigenvalue weighted by atomic mass is 32.2. The van der Waals surface area contributed by atoms with Crippen molar-refractivity contribution in [3.63, 3.8) is 0 Å². The van der Waals surface area contributed by atoms with Crippen LogP contribution in [0.2, 0.25) is 0 Å². The highest BCUT2D eigenvalue weighted by molar-refractivity contribution is 8.00. The smallest absolute Gasteiger partial charge is 0.306 e. The van der Waals surface area contributed by atoms with Crippen LogP contribution in [0.5, 0.6) is 0 Å². The SMILES string of the molecule is C=C(CCCSC1CC(=O)N(CCCCCC(=O)CC(C)C(=O)CC(Cc2ccccc2)C(=O)CC(CCCCC)C(=O)CC(CCCCNC)C(=O)O)C1=O)NC. The molecule has 5 unspecified atom stereocenters. The average Bonchev–Trinajstić information content (AvgIpc) is 3.47. The van der Waals surface area contributed by atoms with Gasteiger partial charge < -0.3 is 15.7 Å². The van der Waals surface area contributed by atoms with E-state index in [-0.39, 0.29) is 78.7 Å². The molecule has 5 atom stereocenters. The van der Waals surface area contributed by atoms with Crippen LogP contribution in [0.4, 0.5) is 0 Å². The van der Waals surface area contributed by atoms with Crippen LogP contribution in [0.15, 0.2) is 42.6 Å². The number of ketones is 4. The summed E-state index contributed by atoms with van der Waals surface area (Å²) in [5.41, 5.74) is 1.84. The molecule has 0 aromatic heterocycles. The predicted octanol–water partition coefficient (Wildman–Crippen LogP) is 7.54. The number of hydrogen-bond acceptors (Lipinski definition) is 10. The normalized spacial score (nSPS) is 16.1. The van der Waals surface area contributed by atoms with E-state index in [2.05, 4.69) is 24.1 Å². The second kappa shape index (κ2) is 28.7. The first-order valence-electron chi connectivity index (χ1n) is 21.6. The first-order valence-corrected chi connectivity index (χ1v) is 22.7. The van der Waals surface area contributed by atoms with Gasteiger partial charge in [-0.1, -0.05) is 82.9 Å². The number of hydrogen-bond donors (Lipinski definition) is 3. The molecule has 1 saturated heterocycles. The van der Waals surface area contributed by atoms with Gasteiger partial charge in [0.25, 0.3) is 0 Å². The van der Waals surface area contributed by atoms with Crippen molar-refractivity contribution in [3.8, 4) is 0 Å². The maximum Gasteiger partial charge on any atom is 0.306 e. The summed E-state index contributed by atoms with van der Waals surface area (Å²) >= 11 is 1.52. The third kappa shape index (κ3) is 19.4. The lowest BCUT2D eigenvalue weighted by Gasteiger charge is -2.22. The van der Waals surface area contributed by atoms with E-state index in [4.69, 9.17) is 0 Å². The zero-order valence-corrected chi connectivity index (χ0v) is 36.5. The van der Waals surface area contributed by atoms with Crippen LogP contribution in [0.3, 0.4) is 0 Å². The molecule has 1 fully saturated rings. The minimum atomic E-state index is -0.995. The van der Waals surface area contributed by atoms with Crippen molar-refractivity contribution in [1.82, 2.24) is 15.5 Å². The zero-order valence-electron chi connectivity index (χ0n) is 35.7. The first kappa shape index (κ1) is 50.5. The first-order chi connectivity index (χ1) is 27.8. The molecular weight excluding hydrogens is 755 g/mol. The summed E-state index contributed by atoms with van der Waals surface area (Å²) in [5, 5.41) is 15.6. The lowest BCUT2D eigenvalue weighted by atomic mass is 9.80. The van der Waals surface area contributed by atoms with E-state index >= 15 is 0 Å². The second-order valence-corrected chi connectivity index (χ2v) is 17.4. The summed E-state index contributed by atoms with van der Waals surface area (Å²) in [4.78, 5) is 93.0. The van der Waals surface area contributed by atoms with Gasteiger partial charge in [-0.3, -0.25) is 38.5 Å². The summed E-state index contributed by atoms with van der Waals surface area (Å²) in [5.74, 6) is -3.74. The molecule has 1 aromatic rings. The number of unbranched alkanes of at least 4 members (excludes halogenated alkanes) is 5. The number of Topliss-reactive ketones (excluding diaryl/α,β-unsaturated/α-hetero) is 4. The van der Waals surface area contributed by atoms with Gasteiger partial charge in [-0.15, -0.1) is 11.8 Å². The lowest BCUT2D eigenvalue weighted by molar-refractivity contribution is -0.144. The van der Waals surface area contributed by atoms with Gasteiger partial charge >= 0.3 is 5.97 Å². The van der Waals surface area contributed by atoms with Crippen molar-refractivity contribution >= 4 is 52.7 Å². The number of nitrogens with one attached hydrogen (secondary N) is 2. The van der Waals surface area contributed by atoms with Crippen molar-refractivity contribution in [3.05, 3.63) is 48.2 Å². The standard InChI is InChI=1S/C46H71N3O8S/c1-6-7-10-21-36(41(52)30-37(46(56)57)22-14-15-24-47-4)29-42(53)38(28-35-19-11-8-12-20-35)31-40(51)33(2)27-39(50)23-13-9-16-25-49-44(54)32-43(45(49)55)58-26-17-18-34(3)48-5/h8,11-12,19-20,33,36-38,43,47-48H,3,6-7,9-10,13-18,21-32H2,1-2,4-5H3,(H,56,57). The van der Waals surface area contributed by atoms with E-state index in [1.165, 1.54) is 16.7 Å². The Morgan fingerprint density at radius 2 is 1.47 bits per heavy atom. The Kier molecular flexibility index (Phi) is 25.0. The van der Waals surface area contributed by atoms with Crippen LogP contribution >= 0.6 is 11.8 Å². The molecule has 0 radical (unpaired) electrons. The number of aliphatic carboxylic acids is 1. The van der Waals surface area contributed by atoms with E-state index < -0.39 is 29.6 Å². The Morgan fingerprint density at radius 3 is 2.14 bits per heavy atom. The molecule has 58 heavy (non-hydrogen) atoms. The molecule has 0 spiro atoms. The minimum Gasteiger partial charge on any atom is -0.481 e. The van der Waals surface area contributed by atoms with Gasteiger partial charge in [0.05, 0.1) is 11.2 Å². The van der Waals surface area contributed by atoms with E-state index in [1.807, 2.05) is 44.4 Å². The van der Waals surface area contributed by atoms with Gasteiger partial charge in [-0.25, -0.2) is 0 Å². The number of thioether (sulfide) groups is 1. The molecule has 11 nitrogen and oxygen atoms in total. The largest absolute Gasteiger partial charge is 0.481 e. The Bertz CT molecular complexity index is 1480. The molecule has 12 heteroatoms. The maximum absolute atomic E-state index is 14.0. The molecule has 2 rings (SSSR count). The molecular formula is C46H71N3O8S. The molecule has 0 aliphatic carbocycles. The molecule has 0 bridgehead atoms. The molecule has 1 aliphatic heterocycles. The number of benzene rings is 1. The summed E-state index contributed by atoms with van der Waals surface area (Å²) in [7, 11) is 3.67. The third-order valence-corrected chi connectivity index (χ3v) is 12.5. The van der Waals surface area contributed by atoms with Crippen LogP contribution < -0.4 is 10.6 Å². The summed E-state index contributed by atoms with van der Waals surface area (Å²) < 4.78 is 0. The van der Waals surface area contributed by atoms with Crippen molar-refractivity contribution < 1.29 is 38.7 Å². The number of nitrogens with zero attached hydrogens (tertiary/aromatic N) is 1. The number of imide groups is 1. The number of carbonyl (C=O) groups excluding carboxylic acids is 6. The number of allylic oxidation sites excluding steroid dienone is 1. The predicted molar refractivity (Wildman–Crippen MR) is 231 cm³/mol. The van der Waals surface area contributed by atoms with Crippen molar-refractivity contribution in [2.75, 3.05) is 32.9 Å². The second-order valence-electron chi connectivity index (χ2n) is 16.1. The number of carboxylic acid groups (broad SMARTS) is 1. The number of carboxylic acids is 1. The summed E-state index contributed by atoms with van der Waals surface area (Å²) in [6.07, 6.45) is 9.29. The molecule has 1 heterocycles. The summed E-state index contributed by atoms with van der Waals surface area (Å²) in [6, 6.07) is 9.45. The third-order valence-electron chi connectivity index (χ3n) is 11.2. The Labute approximate surface area is 351 Å². The number of carbonyl (C=O) groups is 7. The highest BCUT2D eigenvalue weighted by Gasteiger charge is 2.38. The zero-order chi connectivity index (χ0) is 42.9. The number of amides is 2. The quantitative estimate of drug-likeness (QED) is 0.0457. The van der Waals surface area contributed by atoms with Crippen molar-refractivity contribution in [2.24, 2.45) is 23.7 Å². The van der Waals surface area contributed by atoms with Crippen LogP contribution in [0, 0.1) is 23.7 Å². The van der Waals surface area contributed by atoms with Gasteiger partial charge in [0.1, 0.15) is 23.1 Å². The molecule has 2 amide bonds. The van der Waals surface area contributed by atoms with Gasteiger partial charge in [0.15, 0.2) is 0 Å². The van der Waals surface area contributed by atoms with E-state index in [0.717, 1.165) is 62.1 Å². The highest BCUT2D eigenvalue weighted by Crippen LogP contribution is 2.28. The topological polar surface area (TPSA) is 167 Å². The average molecular weight is 826 g/mol. The van der Waals surface area contributed by atoms with Crippen LogP contribution in [-0.4, -0.2) is 89.1 Å². The fourth-order valence-corrected chi connectivity index (χ4v) is 8.59.